The average Bonchev–Trinajstić information content (AvgIpc) is 3.53. The van der Waals surface area contributed by atoms with Crippen LogP contribution in [-0.4, -0.2) is 15.0 Å². The van der Waals surface area contributed by atoms with E-state index in [-0.39, 0.29) is 5.41 Å². The summed E-state index contributed by atoms with van der Waals surface area (Å²) < 4.78 is 0. The molecule has 1 aliphatic carbocycles. The average molecular weight is 752 g/mol. The van der Waals surface area contributed by atoms with Crippen molar-refractivity contribution in [2.24, 2.45) is 0 Å². The van der Waals surface area contributed by atoms with E-state index < -0.39 is 0 Å². The molecule has 0 bridgehead atoms. The first-order chi connectivity index (χ1) is 29.0. The lowest BCUT2D eigenvalue weighted by Crippen LogP contribution is -2.14. The van der Waals surface area contributed by atoms with Crippen LogP contribution in [0.5, 0.6) is 0 Å². The summed E-state index contributed by atoms with van der Waals surface area (Å²) in [5.74, 6) is 1.93. The van der Waals surface area contributed by atoms with Crippen molar-refractivity contribution in [2.75, 3.05) is 0 Å². The van der Waals surface area contributed by atoms with Crippen molar-refractivity contribution in [3.05, 3.63) is 199 Å². The Hall–Kier alpha value is -7.49. The largest absolute Gasteiger partial charge is 0.208 e. The first-order valence-corrected chi connectivity index (χ1v) is 20.3. The molecule has 0 atom stereocenters. The highest BCUT2D eigenvalue weighted by Crippen LogP contribution is 2.50. The maximum atomic E-state index is 5.38. The van der Waals surface area contributed by atoms with Gasteiger partial charge in [0.15, 0.2) is 17.5 Å². The zero-order valence-electron chi connectivity index (χ0n) is 32.7. The quantitative estimate of drug-likeness (QED) is 0.168. The number of rotatable bonds is 4. The summed E-state index contributed by atoms with van der Waals surface area (Å²) in [4.78, 5) is 16.0. The Kier molecular flexibility index (Phi) is 7.27. The van der Waals surface area contributed by atoms with Gasteiger partial charge in [0, 0.05) is 27.7 Å². The number of aromatic nitrogens is 3. The second kappa shape index (κ2) is 12.8. The molecular weight excluding hydrogens is 715 g/mol. The maximum absolute atomic E-state index is 5.38. The van der Waals surface area contributed by atoms with Crippen LogP contribution in [0.2, 0.25) is 0 Å². The van der Waals surface area contributed by atoms with E-state index in [1.807, 2.05) is 0 Å². The van der Waals surface area contributed by atoms with Crippen molar-refractivity contribution in [2.45, 2.75) is 19.3 Å². The molecule has 0 amide bonds. The van der Waals surface area contributed by atoms with Crippen molar-refractivity contribution < 1.29 is 0 Å². The molecule has 0 unspecified atom stereocenters. The number of hydrogen-bond donors (Lipinski definition) is 0. The molecule has 10 aromatic carbocycles. The van der Waals surface area contributed by atoms with Crippen LogP contribution in [0.25, 0.3) is 110 Å². The van der Waals surface area contributed by atoms with Crippen molar-refractivity contribution in [3.8, 4) is 56.4 Å². The van der Waals surface area contributed by atoms with E-state index in [1.165, 1.54) is 60.0 Å². The van der Waals surface area contributed by atoms with Crippen LogP contribution in [0.15, 0.2) is 188 Å². The van der Waals surface area contributed by atoms with Crippen molar-refractivity contribution in [3.63, 3.8) is 0 Å². The molecule has 0 saturated heterocycles. The van der Waals surface area contributed by atoms with Crippen LogP contribution < -0.4 is 0 Å². The fourth-order valence-electron chi connectivity index (χ4n) is 9.69. The highest BCUT2D eigenvalue weighted by atomic mass is 15.0. The zero-order valence-corrected chi connectivity index (χ0v) is 32.7. The molecule has 0 fully saturated rings. The molecule has 1 heterocycles. The smallest absolute Gasteiger partial charge is 0.164 e. The summed E-state index contributed by atoms with van der Waals surface area (Å²) in [6.45, 7) is 4.68. The summed E-state index contributed by atoms with van der Waals surface area (Å²) in [6, 6.07) is 68.0. The Balaban J connectivity index is 1.10. The summed E-state index contributed by atoms with van der Waals surface area (Å²) in [7, 11) is 0. The van der Waals surface area contributed by atoms with Gasteiger partial charge in [0.2, 0.25) is 0 Å². The van der Waals surface area contributed by atoms with Crippen molar-refractivity contribution in [1.29, 1.82) is 0 Å². The third kappa shape index (κ3) is 5.25. The van der Waals surface area contributed by atoms with Gasteiger partial charge >= 0.3 is 0 Å². The van der Waals surface area contributed by atoms with Gasteiger partial charge in [-0.3, -0.25) is 0 Å². The predicted molar refractivity (Wildman–Crippen MR) is 247 cm³/mol. The molecule has 0 spiro atoms. The van der Waals surface area contributed by atoms with Crippen LogP contribution in [0, 0.1) is 0 Å². The lowest BCUT2D eigenvalue weighted by Gasteiger charge is -2.22. The number of fused-ring (bicyclic) bond motifs is 10. The van der Waals surface area contributed by atoms with Gasteiger partial charge in [-0.05, 0) is 106 Å². The molecule has 59 heavy (non-hydrogen) atoms. The van der Waals surface area contributed by atoms with Crippen LogP contribution >= 0.6 is 0 Å². The van der Waals surface area contributed by atoms with E-state index in [4.69, 9.17) is 15.0 Å². The van der Waals surface area contributed by atoms with E-state index in [0.29, 0.717) is 17.5 Å². The van der Waals surface area contributed by atoms with E-state index in [0.717, 1.165) is 44.0 Å². The molecule has 276 valence electrons. The minimum atomic E-state index is -0.136. The Labute approximate surface area is 342 Å². The van der Waals surface area contributed by atoms with Crippen LogP contribution in [0.4, 0.5) is 0 Å². The van der Waals surface area contributed by atoms with Gasteiger partial charge in [-0.1, -0.05) is 178 Å². The molecule has 0 saturated carbocycles. The fraction of sp³-hybridized carbons (Fsp3) is 0.0536. The van der Waals surface area contributed by atoms with Gasteiger partial charge in [0.05, 0.1) is 0 Å². The third-order valence-electron chi connectivity index (χ3n) is 12.7. The topological polar surface area (TPSA) is 38.7 Å². The molecule has 1 aliphatic rings. The first kappa shape index (κ1) is 33.6. The predicted octanol–water partition coefficient (Wildman–Crippen LogP) is 14.6. The van der Waals surface area contributed by atoms with Gasteiger partial charge in [0.25, 0.3) is 0 Å². The molecule has 0 N–H and O–H groups in total. The summed E-state index contributed by atoms with van der Waals surface area (Å²) >= 11 is 0. The second-order valence-corrected chi connectivity index (χ2v) is 16.4. The lowest BCUT2D eigenvalue weighted by molar-refractivity contribution is 0.660. The van der Waals surface area contributed by atoms with Crippen LogP contribution in [-0.2, 0) is 5.41 Å². The Morgan fingerprint density at radius 3 is 1.39 bits per heavy atom. The van der Waals surface area contributed by atoms with Gasteiger partial charge in [-0.25, -0.2) is 15.0 Å². The maximum Gasteiger partial charge on any atom is 0.164 e. The third-order valence-corrected chi connectivity index (χ3v) is 12.7. The number of benzene rings is 10. The lowest BCUT2D eigenvalue weighted by atomic mass is 9.81. The highest BCUT2D eigenvalue weighted by Gasteiger charge is 2.35. The van der Waals surface area contributed by atoms with E-state index >= 15 is 0 Å². The normalized spacial score (nSPS) is 13.1. The molecule has 0 aliphatic heterocycles. The molecule has 0 radical (unpaired) electrons. The van der Waals surface area contributed by atoms with Gasteiger partial charge in [-0.2, -0.15) is 0 Å². The van der Waals surface area contributed by atoms with Gasteiger partial charge in [-0.15, -0.1) is 0 Å². The highest BCUT2D eigenvalue weighted by molar-refractivity contribution is 6.10. The second-order valence-electron chi connectivity index (χ2n) is 16.4. The van der Waals surface area contributed by atoms with E-state index in [2.05, 4.69) is 202 Å². The van der Waals surface area contributed by atoms with Crippen molar-refractivity contribution >= 4 is 53.9 Å². The summed E-state index contributed by atoms with van der Waals surface area (Å²) in [6.07, 6.45) is 0. The Bertz CT molecular complexity index is 3410. The SMILES string of the molecule is CC1(C)c2ccccc2-c2ccc(-c3c(-c4nc(-c5ccc6c(ccc7ccccc76)c5)nc(-c5ccc6c(ccc7ccccc76)c5)n4)ccc4ccccc34)cc21. The van der Waals surface area contributed by atoms with Crippen LogP contribution in [0.1, 0.15) is 25.0 Å². The number of hydrogen-bond acceptors (Lipinski definition) is 3. The van der Waals surface area contributed by atoms with Crippen molar-refractivity contribution in [1.82, 2.24) is 15.0 Å². The minimum Gasteiger partial charge on any atom is -0.208 e. The number of nitrogens with zero attached hydrogens (tertiary/aromatic N) is 3. The zero-order chi connectivity index (χ0) is 39.2. The minimum absolute atomic E-state index is 0.136. The standard InChI is InChI=1S/C56H37N3/c1-56(2)50-18-10-9-17-47(50)48-29-24-39(33-51(48)56)52-46-16-8-5-13-36(46)23-30-49(52)55-58-53(40-25-27-44-37(31-40)21-19-34-11-3-6-14-42(34)44)57-54(59-55)41-26-28-45-38(32-41)22-20-35-12-4-7-15-43(35)45/h3-33H,1-2H3. The summed E-state index contributed by atoms with van der Waals surface area (Å²) in [5, 5.41) is 12.0. The molecule has 3 nitrogen and oxygen atoms in total. The van der Waals surface area contributed by atoms with E-state index in [1.54, 1.807) is 0 Å². The molecule has 11 aromatic rings. The van der Waals surface area contributed by atoms with Gasteiger partial charge in [0.1, 0.15) is 0 Å². The Morgan fingerprint density at radius 1 is 0.305 bits per heavy atom. The molecular formula is C56H37N3. The molecule has 1 aromatic heterocycles. The summed E-state index contributed by atoms with van der Waals surface area (Å²) in [5.41, 5.74) is 10.3. The van der Waals surface area contributed by atoms with Crippen LogP contribution in [0.3, 0.4) is 0 Å². The Morgan fingerprint density at radius 2 is 0.746 bits per heavy atom. The van der Waals surface area contributed by atoms with E-state index in [9.17, 15) is 0 Å². The van der Waals surface area contributed by atoms with Gasteiger partial charge < -0.3 is 0 Å². The molecule has 12 rings (SSSR count). The first-order valence-electron chi connectivity index (χ1n) is 20.3. The monoisotopic (exact) mass is 751 g/mol. The fourth-order valence-corrected chi connectivity index (χ4v) is 9.69. The molecule has 3 heteroatoms.